The van der Waals surface area contributed by atoms with E-state index in [0.29, 0.717) is 31.3 Å². The average molecular weight is 390 g/mol. The van der Waals surface area contributed by atoms with Crippen LogP contribution in [0, 0.1) is 0 Å². The van der Waals surface area contributed by atoms with Crippen molar-refractivity contribution in [2.24, 2.45) is 4.99 Å². The summed E-state index contributed by atoms with van der Waals surface area (Å²) in [4.78, 5) is 7.95. The Morgan fingerprint density at radius 1 is 1.41 bits per heavy atom. The van der Waals surface area contributed by atoms with Crippen molar-refractivity contribution in [3.63, 3.8) is 0 Å². The molecule has 2 heterocycles. The van der Waals surface area contributed by atoms with Crippen LogP contribution in [0.2, 0.25) is 0 Å². The van der Waals surface area contributed by atoms with Crippen molar-refractivity contribution in [3.8, 4) is 5.88 Å². The summed E-state index contributed by atoms with van der Waals surface area (Å²) in [7, 11) is 1.62. The fourth-order valence-electron chi connectivity index (χ4n) is 2.41. The molecule has 0 saturated carbocycles. The molecular weight excluding hydrogens is 365 g/mol. The molecule has 1 fully saturated rings. The van der Waals surface area contributed by atoms with Crippen molar-refractivity contribution in [2.75, 3.05) is 40.0 Å². The Labute approximate surface area is 156 Å². The minimum absolute atomic E-state index is 0.0510. The average Bonchev–Trinajstić information content (AvgIpc) is 3.16. The van der Waals surface area contributed by atoms with Gasteiger partial charge in [0, 0.05) is 45.1 Å². The molecule has 0 amide bonds. The summed E-state index contributed by atoms with van der Waals surface area (Å²) in [6, 6.07) is 3.29. The molecule has 1 aliphatic rings. The molecule has 0 aliphatic carbocycles. The van der Waals surface area contributed by atoms with Crippen LogP contribution in [0.15, 0.2) is 23.3 Å². The number of pyridine rings is 1. The number of rotatable bonds is 9. The van der Waals surface area contributed by atoms with Gasteiger partial charge in [0.15, 0.2) is 12.6 Å². The smallest absolute Gasteiger partial charge is 0.422 e. The van der Waals surface area contributed by atoms with Crippen LogP contribution in [0.1, 0.15) is 18.4 Å². The van der Waals surface area contributed by atoms with E-state index in [2.05, 4.69) is 20.6 Å². The van der Waals surface area contributed by atoms with Gasteiger partial charge in [-0.15, -0.1) is 0 Å². The van der Waals surface area contributed by atoms with E-state index in [9.17, 15) is 13.2 Å². The number of halogens is 3. The Morgan fingerprint density at radius 3 is 2.96 bits per heavy atom. The van der Waals surface area contributed by atoms with Gasteiger partial charge in [0.1, 0.15) is 0 Å². The van der Waals surface area contributed by atoms with E-state index in [1.54, 1.807) is 19.2 Å². The van der Waals surface area contributed by atoms with Gasteiger partial charge in [0.05, 0.1) is 12.7 Å². The van der Waals surface area contributed by atoms with E-state index >= 15 is 0 Å². The highest BCUT2D eigenvalue weighted by Gasteiger charge is 2.29. The maximum absolute atomic E-state index is 12.3. The van der Waals surface area contributed by atoms with E-state index < -0.39 is 12.8 Å². The Hall–Kier alpha value is -2.07. The number of alkyl halides is 3. The van der Waals surface area contributed by atoms with Crippen LogP contribution < -0.4 is 15.4 Å². The number of hydrogen-bond donors (Lipinski definition) is 2. The Morgan fingerprint density at radius 2 is 2.26 bits per heavy atom. The maximum atomic E-state index is 12.3. The lowest BCUT2D eigenvalue weighted by atomic mass is 10.2. The second kappa shape index (κ2) is 10.9. The van der Waals surface area contributed by atoms with Crippen LogP contribution in [-0.2, 0) is 16.0 Å². The SMILES string of the molecule is CN=C(NCCCOC1CCOC1)NCc1cccnc1OCC(F)(F)F. The predicted molar refractivity (Wildman–Crippen MR) is 93.8 cm³/mol. The highest BCUT2D eigenvalue weighted by molar-refractivity contribution is 5.79. The minimum atomic E-state index is -4.41. The van der Waals surface area contributed by atoms with Gasteiger partial charge in [-0.3, -0.25) is 4.99 Å². The van der Waals surface area contributed by atoms with Gasteiger partial charge in [-0.1, -0.05) is 6.07 Å². The molecule has 10 heteroatoms. The molecule has 1 aromatic heterocycles. The number of guanidine groups is 1. The Bertz CT molecular complexity index is 593. The summed E-state index contributed by atoms with van der Waals surface area (Å²) in [6.07, 6.45) is -1.11. The first-order valence-corrected chi connectivity index (χ1v) is 8.75. The van der Waals surface area contributed by atoms with Crippen LogP contribution in [0.25, 0.3) is 0 Å². The monoisotopic (exact) mass is 390 g/mol. The van der Waals surface area contributed by atoms with Gasteiger partial charge in [-0.25, -0.2) is 4.98 Å². The first-order chi connectivity index (χ1) is 13.0. The topological polar surface area (TPSA) is 77.0 Å². The largest absolute Gasteiger partial charge is 0.468 e. The van der Waals surface area contributed by atoms with Gasteiger partial charge in [-0.05, 0) is 18.9 Å². The lowest BCUT2D eigenvalue weighted by molar-refractivity contribution is -0.154. The summed E-state index contributed by atoms with van der Waals surface area (Å²) in [5.41, 5.74) is 0.509. The Kier molecular flexibility index (Phi) is 8.59. The fraction of sp³-hybridized carbons (Fsp3) is 0.647. The quantitative estimate of drug-likeness (QED) is 0.381. The van der Waals surface area contributed by atoms with Gasteiger partial charge < -0.3 is 24.8 Å². The third-order valence-electron chi connectivity index (χ3n) is 3.75. The summed E-state index contributed by atoms with van der Waals surface area (Å²) < 4.78 is 52.7. The van der Waals surface area contributed by atoms with Gasteiger partial charge in [0.25, 0.3) is 0 Å². The van der Waals surface area contributed by atoms with Crippen LogP contribution in [0.3, 0.4) is 0 Å². The molecule has 0 bridgehead atoms. The number of nitrogens with one attached hydrogen (secondary N) is 2. The molecule has 0 aromatic carbocycles. The zero-order valence-corrected chi connectivity index (χ0v) is 15.2. The normalized spacial score (nSPS) is 17.8. The van der Waals surface area contributed by atoms with E-state index in [1.807, 2.05) is 0 Å². The zero-order chi connectivity index (χ0) is 19.5. The lowest BCUT2D eigenvalue weighted by Crippen LogP contribution is -2.37. The summed E-state index contributed by atoms with van der Waals surface area (Å²) in [5, 5.41) is 6.16. The number of ether oxygens (including phenoxy) is 3. The fourth-order valence-corrected chi connectivity index (χ4v) is 2.41. The van der Waals surface area contributed by atoms with Crippen molar-refractivity contribution >= 4 is 5.96 Å². The summed E-state index contributed by atoms with van der Waals surface area (Å²) >= 11 is 0. The van der Waals surface area contributed by atoms with Crippen molar-refractivity contribution < 1.29 is 27.4 Å². The first kappa shape index (κ1) is 21.2. The highest BCUT2D eigenvalue weighted by Crippen LogP contribution is 2.19. The molecule has 2 N–H and O–H groups in total. The van der Waals surface area contributed by atoms with E-state index in [-0.39, 0.29) is 18.5 Å². The number of hydrogen-bond acceptors (Lipinski definition) is 5. The third kappa shape index (κ3) is 8.44. The second-order valence-electron chi connectivity index (χ2n) is 5.93. The zero-order valence-electron chi connectivity index (χ0n) is 15.2. The van der Waals surface area contributed by atoms with Gasteiger partial charge in [0.2, 0.25) is 5.88 Å². The molecular formula is C17H25F3N4O3. The summed E-state index contributed by atoms with van der Waals surface area (Å²) in [6.45, 7) is 1.53. The molecule has 1 aliphatic heterocycles. The summed E-state index contributed by atoms with van der Waals surface area (Å²) in [5.74, 6) is 0.481. The second-order valence-corrected chi connectivity index (χ2v) is 5.93. The van der Waals surface area contributed by atoms with E-state index in [0.717, 1.165) is 19.4 Å². The number of aromatic nitrogens is 1. The molecule has 7 nitrogen and oxygen atoms in total. The molecule has 0 radical (unpaired) electrons. The molecule has 0 spiro atoms. The highest BCUT2D eigenvalue weighted by atomic mass is 19.4. The van der Waals surface area contributed by atoms with Crippen LogP contribution >= 0.6 is 0 Å². The van der Waals surface area contributed by atoms with Crippen LogP contribution in [0.4, 0.5) is 13.2 Å². The number of aliphatic imine (C=N–C) groups is 1. The van der Waals surface area contributed by atoms with Crippen molar-refractivity contribution in [1.82, 2.24) is 15.6 Å². The maximum Gasteiger partial charge on any atom is 0.422 e. The predicted octanol–water partition coefficient (Wildman–Crippen LogP) is 1.88. The molecule has 1 atom stereocenters. The molecule has 2 rings (SSSR count). The third-order valence-corrected chi connectivity index (χ3v) is 3.75. The number of nitrogens with zero attached hydrogens (tertiary/aromatic N) is 2. The molecule has 152 valence electrons. The van der Waals surface area contributed by atoms with Crippen molar-refractivity contribution in [2.45, 2.75) is 31.7 Å². The minimum Gasteiger partial charge on any atom is -0.468 e. The van der Waals surface area contributed by atoms with Crippen LogP contribution in [0.5, 0.6) is 5.88 Å². The lowest BCUT2D eigenvalue weighted by Gasteiger charge is -2.15. The molecule has 1 unspecified atom stereocenters. The molecule has 27 heavy (non-hydrogen) atoms. The molecule has 1 saturated heterocycles. The first-order valence-electron chi connectivity index (χ1n) is 8.75. The standard InChI is InChI=1S/C17H25F3N4O3/c1-21-16(23-7-3-8-26-14-5-9-25-11-14)24-10-13-4-2-6-22-15(13)27-12-17(18,19)20/h2,4,6,14H,3,5,7-12H2,1H3,(H2,21,23,24). The van der Waals surface area contributed by atoms with E-state index in [1.165, 1.54) is 6.20 Å². The van der Waals surface area contributed by atoms with Crippen molar-refractivity contribution in [3.05, 3.63) is 23.9 Å². The van der Waals surface area contributed by atoms with Crippen LogP contribution in [-0.4, -0.2) is 63.2 Å². The molecule has 1 aromatic rings. The van der Waals surface area contributed by atoms with Gasteiger partial charge >= 0.3 is 6.18 Å². The van der Waals surface area contributed by atoms with Gasteiger partial charge in [-0.2, -0.15) is 13.2 Å². The van der Waals surface area contributed by atoms with Crippen molar-refractivity contribution in [1.29, 1.82) is 0 Å². The van der Waals surface area contributed by atoms with E-state index in [4.69, 9.17) is 14.2 Å². The Balaban J connectivity index is 1.70.